The first kappa shape index (κ1) is 15.4. The van der Waals surface area contributed by atoms with Crippen molar-refractivity contribution in [2.24, 2.45) is 0 Å². The van der Waals surface area contributed by atoms with E-state index in [1.165, 1.54) is 0 Å². The van der Waals surface area contributed by atoms with E-state index in [2.05, 4.69) is 15.5 Å². The number of hydrogen-bond donors (Lipinski definition) is 1. The predicted molar refractivity (Wildman–Crippen MR) is 78.4 cm³/mol. The van der Waals surface area contributed by atoms with Crippen molar-refractivity contribution in [3.63, 3.8) is 0 Å². The van der Waals surface area contributed by atoms with E-state index in [9.17, 15) is 13.2 Å². The Morgan fingerprint density at radius 1 is 1.04 bits per heavy atom. The van der Waals surface area contributed by atoms with Crippen LogP contribution in [0.5, 0.6) is 0 Å². The SMILES string of the molecule is Fc1cc(NCc2nnc(-c3ccccc3Cl)o2)cc(F)c1F. The molecule has 0 unspecified atom stereocenters. The fourth-order valence-electron chi connectivity index (χ4n) is 1.90. The van der Waals surface area contributed by atoms with Crippen molar-refractivity contribution in [1.82, 2.24) is 10.2 Å². The molecule has 8 heteroatoms. The summed E-state index contributed by atoms with van der Waals surface area (Å²) in [5, 5.41) is 10.8. The van der Waals surface area contributed by atoms with Crippen LogP contribution in [0.3, 0.4) is 0 Å². The van der Waals surface area contributed by atoms with Crippen molar-refractivity contribution in [3.8, 4) is 11.5 Å². The average Bonchev–Trinajstić information content (AvgIpc) is 2.99. The van der Waals surface area contributed by atoms with Crippen LogP contribution in [0, 0.1) is 17.5 Å². The summed E-state index contributed by atoms with van der Waals surface area (Å²) in [6, 6.07) is 8.62. The topological polar surface area (TPSA) is 51.0 Å². The molecule has 0 atom stereocenters. The van der Waals surface area contributed by atoms with Gasteiger partial charge in [0.1, 0.15) is 0 Å². The van der Waals surface area contributed by atoms with Crippen molar-refractivity contribution in [3.05, 3.63) is 64.8 Å². The molecule has 0 aliphatic rings. The van der Waals surface area contributed by atoms with Crippen LogP contribution in [0.2, 0.25) is 5.02 Å². The fraction of sp³-hybridized carbons (Fsp3) is 0.0667. The van der Waals surface area contributed by atoms with Gasteiger partial charge in [0.25, 0.3) is 0 Å². The molecule has 2 aromatic carbocycles. The third-order valence-electron chi connectivity index (χ3n) is 3.00. The van der Waals surface area contributed by atoms with Crippen LogP contribution < -0.4 is 5.32 Å². The second-order valence-corrected chi connectivity index (χ2v) is 5.00. The summed E-state index contributed by atoms with van der Waals surface area (Å²) < 4.78 is 44.5. The molecular formula is C15H9ClF3N3O. The number of aromatic nitrogens is 2. The summed E-state index contributed by atoms with van der Waals surface area (Å²) in [5.74, 6) is -3.67. The Bertz CT molecular complexity index is 830. The van der Waals surface area contributed by atoms with Crippen LogP contribution in [0.4, 0.5) is 18.9 Å². The highest BCUT2D eigenvalue weighted by Gasteiger charge is 2.13. The van der Waals surface area contributed by atoms with E-state index in [0.717, 1.165) is 12.1 Å². The minimum absolute atomic E-state index is 0.0158. The molecule has 0 fully saturated rings. The van der Waals surface area contributed by atoms with E-state index in [1.807, 2.05) is 0 Å². The lowest BCUT2D eigenvalue weighted by Gasteiger charge is -2.04. The standard InChI is InChI=1S/C15H9ClF3N3O/c16-10-4-2-1-3-9(10)15-22-21-13(23-15)7-20-8-5-11(17)14(19)12(18)6-8/h1-6,20H,7H2. The summed E-state index contributed by atoms with van der Waals surface area (Å²) >= 11 is 6.03. The molecule has 0 amide bonds. The highest BCUT2D eigenvalue weighted by molar-refractivity contribution is 6.33. The third kappa shape index (κ3) is 3.29. The van der Waals surface area contributed by atoms with E-state index < -0.39 is 17.5 Å². The van der Waals surface area contributed by atoms with Crippen LogP contribution >= 0.6 is 11.6 Å². The zero-order valence-corrected chi connectivity index (χ0v) is 12.2. The lowest BCUT2D eigenvalue weighted by atomic mass is 10.2. The van der Waals surface area contributed by atoms with Gasteiger partial charge >= 0.3 is 0 Å². The maximum atomic E-state index is 13.1. The molecule has 1 heterocycles. The Morgan fingerprint density at radius 3 is 2.43 bits per heavy atom. The van der Waals surface area contributed by atoms with Crippen molar-refractivity contribution < 1.29 is 17.6 Å². The van der Waals surface area contributed by atoms with Gasteiger partial charge in [0.15, 0.2) is 17.5 Å². The fourth-order valence-corrected chi connectivity index (χ4v) is 2.12. The van der Waals surface area contributed by atoms with Crippen molar-refractivity contribution in [2.75, 3.05) is 5.32 Å². The molecule has 118 valence electrons. The summed E-state index contributed by atoms with van der Waals surface area (Å²) in [5.41, 5.74) is 0.630. The van der Waals surface area contributed by atoms with Gasteiger partial charge in [-0.3, -0.25) is 0 Å². The number of anilines is 1. The highest BCUT2D eigenvalue weighted by atomic mass is 35.5. The minimum atomic E-state index is -1.52. The molecule has 0 saturated carbocycles. The van der Waals surface area contributed by atoms with Gasteiger partial charge in [0, 0.05) is 17.8 Å². The maximum absolute atomic E-state index is 13.1. The molecule has 0 aliphatic carbocycles. The summed E-state index contributed by atoms with van der Waals surface area (Å²) in [7, 11) is 0. The van der Waals surface area contributed by atoms with Crippen LogP contribution in [0.1, 0.15) is 5.89 Å². The Kier molecular flexibility index (Phi) is 4.20. The van der Waals surface area contributed by atoms with E-state index in [-0.39, 0.29) is 24.0 Å². The lowest BCUT2D eigenvalue weighted by molar-refractivity contribution is 0.447. The van der Waals surface area contributed by atoms with E-state index in [1.54, 1.807) is 24.3 Å². The van der Waals surface area contributed by atoms with E-state index in [0.29, 0.717) is 10.6 Å². The van der Waals surface area contributed by atoms with Gasteiger partial charge in [-0.1, -0.05) is 23.7 Å². The van der Waals surface area contributed by atoms with Gasteiger partial charge in [0.05, 0.1) is 17.1 Å². The summed E-state index contributed by atoms with van der Waals surface area (Å²) in [4.78, 5) is 0. The number of nitrogens with zero attached hydrogens (tertiary/aromatic N) is 2. The Hall–Kier alpha value is -2.54. The molecule has 0 spiro atoms. The lowest BCUT2D eigenvalue weighted by Crippen LogP contribution is -2.02. The smallest absolute Gasteiger partial charge is 0.249 e. The first-order valence-corrected chi connectivity index (χ1v) is 6.88. The Labute approximate surface area is 133 Å². The van der Waals surface area contributed by atoms with Crippen LogP contribution in [0.25, 0.3) is 11.5 Å². The molecular weight excluding hydrogens is 331 g/mol. The van der Waals surface area contributed by atoms with Crippen molar-refractivity contribution >= 4 is 17.3 Å². The highest BCUT2D eigenvalue weighted by Crippen LogP contribution is 2.26. The predicted octanol–water partition coefficient (Wildman–Crippen LogP) is 4.42. The minimum Gasteiger partial charge on any atom is -0.419 e. The molecule has 1 N–H and O–H groups in total. The number of halogens is 4. The maximum Gasteiger partial charge on any atom is 0.249 e. The van der Waals surface area contributed by atoms with Gasteiger partial charge < -0.3 is 9.73 Å². The van der Waals surface area contributed by atoms with Gasteiger partial charge in [-0.15, -0.1) is 10.2 Å². The van der Waals surface area contributed by atoms with Gasteiger partial charge in [-0.2, -0.15) is 0 Å². The Balaban J connectivity index is 1.74. The molecule has 3 aromatic rings. The molecule has 0 bridgehead atoms. The zero-order valence-electron chi connectivity index (χ0n) is 11.5. The number of hydrogen-bond acceptors (Lipinski definition) is 4. The summed E-state index contributed by atoms with van der Waals surface area (Å²) in [6.45, 7) is 0.0158. The van der Waals surface area contributed by atoms with E-state index in [4.69, 9.17) is 16.0 Å². The second-order valence-electron chi connectivity index (χ2n) is 4.59. The second kappa shape index (κ2) is 6.29. The van der Waals surface area contributed by atoms with Gasteiger partial charge in [-0.05, 0) is 12.1 Å². The van der Waals surface area contributed by atoms with Crippen LogP contribution in [-0.2, 0) is 6.54 Å². The molecule has 0 saturated heterocycles. The summed E-state index contributed by atoms with van der Waals surface area (Å²) in [6.07, 6.45) is 0. The monoisotopic (exact) mass is 339 g/mol. The van der Waals surface area contributed by atoms with Crippen molar-refractivity contribution in [2.45, 2.75) is 6.54 Å². The molecule has 1 aromatic heterocycles. The van der Waals surface area contributed by atoms with Crippen LogP contribution in [-0.4, -0.2) is 10.2 Å². The molecule has 4 nitrogen and oxygen atoms in total. The normalized spacial score (nSPS) is 10.8. The molecule has 0 radical (unpaired) electrons. The van der Waals surface area contributed by atoms with E-state index >= 15 is 0 Å². The number of rotatable bonds is 4. The van der Waals surface area contributed by atoms with Gasteiger partial charge in [0.2, 0.25) is 11.8 Å². The number of nitrogens with one attached hydrogen (secondary N) is 1. The third-order valence-corrected chi connectivity index (χ3v) is 3.33. The first-order chi connectivity index (χ1) is 11.0. The quantitative estimate of drug-likeness (QED) is 0.715. The van der Waals surface area contributed by atoms with Crippen LogP contribution in [0.15, 0.2) is 40.8 Å². The molecule has 23 heavy (non-hydrogen) atoms. The first-order valence-electron chi connectivity index (χ1n) is 6.50. The number of benzene rings is 2. The Morgan fingerprint density at radius 2 is 1.74 bits per heavy atom. The average molecular weight is 340 g/mol. The zero-order chi connectivity index (χ0) is 16.4. The van der Waals surface area contributed by atoms with Gasteiger partial charge in [-0.25, -0.2) is 13.2 Å². The molecule has 3 rings (SSSR count). The molecule has 0 aliphatic heterocycles. The largest absolute Gasteiger partial charge is 0.419 e. The van der Waals surface area contributed by atoms with Crippen molar-refractivity contribution in [1.29, 1.82) is 0 Å².